The Labute approximate surface area is 114 Å². The van der Waals surface area contributed by atoms with E-state index < -0.39 is 0 Å². The molecule has 2 rings (SSSR count). The van der Waals surface area contributed by atoms with E-state index in [0.717, 1.165) is 42.7 Å². The minimum atomic E-state index is -0.00171. The van der Waals surface area contributed by atoms with Crippen LogP contribution in [0.15, 0.2) is 18.2 Å². The van der Waals surface area contributed by atoms with Crippen molar-refractivity contribution in [3.8, 4) is 0 Å². The van der Waals surface area contributed by atoms with Gasteiger partial charge in [-0.3, -0.25) is 4.79 Å². The average Bonchev–Trinajstić information content (AvgIpc) is 2.91. The lowest BCUT2D eigenvalue weighted by atomic mass is 10.1. The highest BCUT2D eigenvalue weighted by molar-refractivity contribution is 5.96. The molecule has 0 saturated carbocycles. The molecular formula is C15H22N2O2. The molecule has 1 heterocycles. The van der Waals surface area contributed by atoms with Crippen molar-refractivity contribution >= 4 is 11.6 Å². The van der Waals surface area contributed by atoms with Gasteiger partial charge >= 0.3 is 0 Å². The topological polar surface area (TPSA) is 50.4 Å². The Morgan fingerprint density at radius 1 is 1.47 bits per heavy atom. The SMILES string of the molecule is CNc1ccc(C(=O)NCCC2CCCO2)c(C)c1. The maximum atomic E-state index is 12.1. The Morgan fingerprint density at radius 2 is 2.32 bits per heavy atom. The fraction of sp³-hybridized carbons (Fsp3) is 0.533. The molecule has 1 aliphatic rings. The van der Waals surface area contributed by atoms with Crippen LogP contribution in [0.4, 0.5) is 5.69 Å². The maximum Gasteiger partial charge on any atom is 0.251 e. The molecule has 1 atom stereocenters. The molecule has 0 aromatic heterocycles. The molecule has 1 saturated heterocycles. The molecule has 4 nitrogen and oxygen atoms in total. The molecule has 0 radical (unpaired) electrons. The van der Waals surface area contributed by atoms with E-state index in [4.69, 9.17) is 4.74 Å². The van der Waals surface area contributed by atoms with Gasteiger partial charge in [0.25, 0.3) is 5.91 Å². The highest BCUT2D eigenvalue weighted by Crippen LogP contribution is 2.16. The number of rotatable bonds is 5. The van der Waals surface area contributed by atoms with Crippen LogP contribution in [0.1, 0.15) is 35.2 Å². The first-order valence-electron chi connectivity index (χ1n) is 6.89. The van der Waals surface area contributed by atoms with Crippen molar-refractivity contribution in [2.24, 2.45) is 0 Å². The molecule has 0 bridgehead atoms. The first-order valence-corrected chi connectivity index (χ1v) is 6.89. The van der Waals surface area contributed by atoms with Gasteiger partial charge in [-0.25, -0.2) is 0 Å². The number of aryl methyl sites for hydroxylation is 1. The molecule has 1 amide bonds. The van der Waals surface area contributed by atoms with Gasteiger partial charge in [0.15, 0.2) is 0 Å². The molecule has 4 heteroatoms. The lowest BCUT2D eigenvalue weighted by Gasteiger charge is -2.12. The van der Waals surface area contributed by atoms with Gasteiger partial charge < -0.3 is 15.4 Å². The summed E-state index contributed by atoms with van der Waals surface area (Å²) < 4.78 is 5.53. The molecule has 2 N–H and O–H groups in total. The molecule has 1 unspecified atom stereocenters. The first-order chi connectivity index (χ1) is 9.20. The smallest absolute Gasteiger partial charge is 0.251 e. The summed E-state index contributed by atoms with van der Waals surface area (Å²) in [5, 5.41) is 6.03. The van der Waals surface area contributed by atoms with Crippen LogP contribution >= 0.6 is 0 Å². The molecule has 1 fully saturated rings. The second kappa shape index (κ2) is 6.57. The second-order valence-electron chi connectivity index (χ2n) is 4.96. The summed E-state index contributed by atoms with van der Waals surface area (Å²) in [5.41, 5.74) is 2.75. The van der Waals surface area contributed by atoms with Crippen molar-refractivity contribution in [3.63, 3.8) is 0 Å². The minimum Gasteiger partial charge on any atom is -0.388 e. The van der Waals surface area contributed by atoms with Crippen LogP contribution < -0.4 is 10.6 Å². The number of carbonyl (C=O) groups is 1. The first kappa shape index (κ1) is 13.9. The summed E-state index contributed by atoms with van der Waals surface area (Å²) in [6.45, 7) is 3.50. The zero-order valence-electron chi connectivity index (χ0n) is 11.7. The third-order valence-electron chi connectivity index (χ3n) is 3.54. The van der Waals surface area contributed by atoms with Crippen molar-refractivity contribution in [2.45, 2.75) is 32.3 Å². The Hall–Kier alpha value is -1.55. The van der Waals surface area contributed by atoms with Gasteiger partial charge in [0, 0.05) is 31.5 Å². The van der Waals surface area contributed by atoms with Gasteiger partial charge in [-0.1, -0.05) is 0 Å². The van der Waals surface area contributed by atoms with Crippen LogP contribution in [-0.4, -0.2) is 32.2 Å². The van der Waals surface area contributed by atoms with Crippen LogP contribution in [0, 0.1) is 6.92 Å². The summed E-state index contributed by atoms with van der Waals surface area (Å²) in [6, 6.07) is 5.76. The molecule has 1 aromatic carbocycles. The third kappa shape index (κ3) is 3.70. The van der Waals surface area contributed by atoms with E-state index in [1.165, 1.54) is 0 Å². The summed E-state index contributed by atoms with van der Waals surface area (Å²) in [7, 11) is 1.87. The molecular weight excluding hydrogens is 240 g/mol. The largest absolute Gasteiger partial charge is 0.388 e. The number of amides is 1. The Balaban J connectivity index is 1.85. The Morgan fingerprint density at radius 3 is 2.95 bits per heavy atom. The molecule has 1 aliphatic heterocycles. The minimum absolute atomic E-state index is 0.00171. The zero-order chi connectivity index (χ0) is 13.7. The summed E-state index contributed by atoms with van der Waals surface area (Å²) in [5.74, 6) is -0.00171. The molecule has 19 heavy (non-hydrogen) atoms. The van der Waals surface area contributed by atoms with Gasteiger partial charge in [0.05, 0.1) is 6.10 Å². The van der Waals surface area contributed by atoms with E-state index in [0.29, 0.717) is 12.6 Å². The fourth-order valence-corrected chi connectivity index (χ4v) is 2.39. The Bertz CT molecular complexity index is 440. The number of anilines is 1. The Kier molecular flexibility index (Phi) is 4.80. The number of hydrogen-bond donors (Lipinski definition) is 2. The van der Waals surface area contributed by atoms with Gasteiger partial charge in [-0.2, -0.15) is 0 Å². The number of carbonyl (C=O) groups excluding carboxylic acids is 1. The highest BCUT2D eigenvalue weighted by Gasteiger charge is 2.15. The fourth-order valence-electron chi connectivity index (χ4n) is 2.39. The van der Waals surface area contributed by atoms with Crippen molar-refractivity contribution in [1.29, 1.82) is 0 Å². The number of hydrogen-bond acceptors (Lipinski definition) is 3. The van der Waals surface area contributed by atoms with E-state index in [2.05, 4.69) is 10.6 Å². The highest BCUT2D eigenvalue weighted by atomic mass is 16.5. The van der Waals surface area contributed by atoms with E-state index in [1.54, 1.807) is 0 Å². The summed E-state index contributed by atoms with van der Waals surface area (Å²) >= 11 is 0. The summed E-state index contributed by atoms with van der Waals surface area (Å²) in [4.78, 5) is 12.1. The quantitative estimate of drug-likeness (QED) is 0.856. The number of benzene rings is 1. The van der Waals surface area contributed by atoms with Crippen LogP contribution in [0.5, 0.6) is 0 Å². The lowest BCUT2D eigenvalue weighted by Crippen LogP contribution is -2.27. The summed E-state index contributed by atoms with van der Waals surface area (Å²) in [6.07, 6.45) is 3.49. The molecule has 104 valence electrons. The van der Waals surface area contributed by atoms with Crippen LogP contribution in [0.2, 0.25) is 0 Å². The zero-order valence-corrected chi connectivity index (χ0v) is 11.7. The lowest BCUT2D eigenvalue weighted by molar-refractivity contribution is 0.0907. The van der Waals surface area contributed by atoms with Crippen LogP contribution in [-0.2, 0) is 4.74 Å². The second-order valence-corrected chi connectivity index (χ2v) is 4.96. The van der Waals surface area contributed by atoms with E-state index in [-0.39, 0.29) is 5.91 Å². The number of ether oxygens (including phenoxy) is 1. The van der Waals surface area contributed by atoms with E-state index in [1.807, 2.05) is 32.2 Å². The van der Waals surface area contributed by atoms with E-state index >= 15 is 0 Å². The van der Waals surface area contributed by atoms with Crippen LogP contribution in [0.25, 0.3) is 0 Å². The molecule has 0 spiro atoms. The molecule has 1 aromatic rings. The maximum absolute atomic E-state index is 12.1. The normalized spacial score (nSPS) is 18.3. The van der Waals surface area contributed by atoms with Crippen molar-refractivity contribution < 1.29 is 9.53 Å². The van der Waals surface area contributed by atoms with E-state index in [9.17, 15) is 4.79 Å². The van der Waals surface area contributed by atoms with Crippen LogP contribution in [0.3, 0.4) is 0 Å². The predicted molar refractivity (Wildman–Crippen MR) is 76.6 cm³/mol. The van der Waals surface area contributed by atoms with Crippen molar-refractivity contribution in [1.82, 2.24) is 5.32 Å². The van der Waals surface area contributed by atoms with Crippen molar-refractivity contribution in [3.05, 3.63) is 29.3 Å². The van der Waals surface area contributed by atoms with Gasteiger partial charge in [0.2, 0.25) is 0 Å². The third-order valence-corrected chi connectivity index (χ3v) is 3.54. The van der Waals surface area contributed by atoms with Crippen molar-refractivity contribution in [2.75, 3.05) is 25.5 Å². The van der Waals surface area contributed by atoms with Gasteiger partial charge in [0.1, 0.15) is 0 Å². The standard InChI is InChI=1S/C15H22N2O2/c1-11-10-12(16-2)5-6-14(11)15(18)17-8-7-13-4-3-9-19-13/h5-6,10,13,16H,3-4,7-9H2,1-2H3,(H,17,18). The molecule has 0 aliphatic carbocycles. The number of nitrogens with one attached hydrogen (secondary N) is 2. The monoisotopic (exact) mass is 262 g/mol. The average molecular weight is 262 g/mol. The predicted octanol–water partition coefficient (Wildman–Crippen LogP) is 2.34. The van der Waals surface area contributed by atoms with Gasteiger partial charge in [-0.05, 0) is 49.9 Å². The van der Waals surface area contributed by atoms with Gasteiger partial charge in [-0.15, -0.1) is 0 Å².